The number of amides is 1. The van der Waals surface area contributed by atoms with Crippen LogP contribution >= 0.6 is 11.3 Å². The standard InChI is InChI=1S/C18H21N3O4S/c1-25-9-8-19-16-7-4-13(11-17(16)21(23)24)18(22)20(14-5-6-14)12-15-3-2-10-26-15/h2-4,7,10-11,14,19H,5-6,8-9,12H2,1H3. The molecular formula is C18H21N3O4S. The zero-order valence-electron chi connectivity index (χ0n) is 14.5. The minimum absolute atomic E-state index is 0.0983. The zero-order chi connectivity index (χ0) is 18.5. The number of rotatable bonds is 9. The van der Waals surface area contributed by atoms with Crippen LogP contribution in [0.5, 0.6) is 0 Å². The first kappa shape index (κ1) is 18.3. The van der Waals surface area contributed by atoms with Crippen molar-refractivity contribution in [2.75, 3.05) is 25.6 Å². The maximum Gasteiger partial charge on any atom is 0.293 e. The van der Waals surface area contributed by atoms with E-state index in [-0.39, 0.29) is 17.6 Å². The molecule has 138 valence electrons. The number of carbonyl (C=O) groups excluding carboxylic acids is 1. The number of anilines is 1. The maximum atomic E-state index is 13.0. The van der Waals surface area contributed by atoms with Crippen LogP contribution in [0.25, 0.3) is 0 Å². The fourth-order valence-electron chi connectivity index (χ4n) is 2.74. The lowest BCUT2D eigenvalue weighted by Crippen LogP contribution is -2.32. The quantitative estimate of drug-likeness (QED) is 0.412. The largest absolute Gasteiger partial charge is 0.383 e. The topological polar surface area (TPSA) is 84.7 Å². The molecule has 0 atom stereocenters. The number of nitrogens with one attached hydrogen (secondary N) is 1. The van der Waals surface area contributed by atoms with Gasteiger partial charge in [0.05, 0.1) is 18.1 Å². The summed E-state index contributed by atoms with van der Waals surface area (Å²) in [7, 11) is 1.57. The van der Waals surface area contributed by atoms with Gasteiger partial charge in [0.25, 0.3) is 11.6 Å². The molecule has 26 heavy (non-hydrogen) atoms. The molecule has 1 N–H and O–H groups in total. The second-order valence-electron chi connectivity index (χ2n) is 6.15. The van der Waals surface area contributed by atoms with Crippen molar-refractivity contribution in [1.29, 1.82) is 0 Å². The molecule has 1 fully saturated rings. The average molecular weight is 375 g/mol. The van der Waals surface area contributed by atoms with Crippen molar-refractivity contribution >= 4 is 28.6 Å². The van der Waals surface area contributed by atoms with E-state index in [0.717, 1.165) is 17.7 Å². The summed E-state index contributed by atoms with van der Waals surface area (Å²) in [6.07, 6.45) is 1.96. The van der Waals surface area contributed by atoms with Crippen molar-refractivity contribution < 1.29 is 14.5 Å². The molecule has 0 radical (unpaired) electrons. The summed E-state index contributed by atoms with van der Waals surface area (Å²) in [5, 5.41) is 16.4. The van der Waals surface area contributed by atoms with Gasteiger partial charge in [-0.05, 0) is 36.4 Å². The second kappa shape index (κ2) is 8.29. The predicted molar refractivity (Wildman–Crippen MR) is 101 cm³/mol. The summed E-state index contributed by atoms with van der Waals surface area (Å²) in [5.41, 5.74) is 0.635. The van der Waals surface area contributed by atoms with Crippen molar-refractivity contribution in [2.45, 2.75) is 25.4 Å². The average Bonchev–Trinajstić information content (AvgIpc) is 3.35. The van der Waals surface area contributed by atoms with E-state index in [1.807, 2.05) is 22.4 Å². The Kier molecular flexibility index (Phi) is 5.85. The van der Waals surface area contributed by atoms with Crippen molar-refractivity contribution in [3.63, 3.8) is 0 Å². The molecule has 7 nitrogen and oxygen atoms in total. The highest BCUT2D eigenvalue weighted by molar-refractivity contribution is 7.09. The van der Waals surface area contributed by atoms with Crippen LogP contribution in [0.1, 0.15) is 28.1 Å². The van der Waals surface area contributed by atoms with Crippen LogP contribution in [0.4, 0.5) is 11.4 Å². The fourth-order valence-corrected chi connectivity index (χ4v) is 3.44. The molecule has 1 aromatic carbocycles. The van der Waals surface area contributed by atoms with Crippen LogP contribution in [-0.2, 0) is 11.3 Å². The Morgan fingerprint density at radius 1 is 1.42 bits per heavy atom. The number of carbonyl (C=O) groups is 1. The van der Waals surface area contributed by atoms with Crippen LogP contribution in [0.15, 0.2) is 35.7 Å². The number of ether oxygens (including phenoxy) is 1. The van der Waals surface area contributed by atoms with Gasteiger partial charge in [0.1, 0.15) is 5.69 Å². The SMILES string of the molecule is COCCNc1ccc(C(=O)N(Cc2cccs2)C2CC2)cc1[N+](=O)[O-]. The summed E-state index contributed by atoms with van der Waals surface area (Å²) in [4.78, 5) is 26.8. The molecule has 0 bridgehead atoms. The molecular weight excluding hydrogens is 354 g/mol. The number of hydrogen-bond acceptors (Lipinski definition) is 6. The number of thiophene rings is 1. The molecule has 1 amide bonds. The lowest BCUT2D eigenvalue weighted by molar-refractivity contribution is -0.384. The summed E-state index contributed by atoms with van der Waals surface area (Å²) in [6.45, 7) is 1.44. The van der Waals surface area contributed by atoms with Gasteiger partial charge in [-0.25, -0.2) is 0 Å². The number of hydrogen-bond donors (Lipinski definition) is 1. The Morgan fingerprint density at radius 3 is 2.85 bits per heavy atom. The number of nitrogens with zero attached hydrogens (tertiary/aromatic N) is 2. The van der Waals surface area contributed by atoms with Crippen molar-refractivity contribution in [3.05, 3.63) is 56.3 Å². The molecule has 8 heteroatoms. The molecule has 1 heterocycles. The van der Waals surface area contributed by atoms with Gasteiger partial charge in [0, 0.05) is 36.2 Å². The van der Waals surface area contributed by atoms with E-state index < -0.39 is 4.92 Å². The van der Waals surface area contributed by atoms with E-state index in [1.54, 1.807) is 30.6 Å². The lowest BCUT2D eigenvalue weighted by Gasteiger charge is -2.22. The third-order valence-corrected chi connectivity index (χ3v) is 5.08. The molecule has 3 rings (SSSR count). The highest BCUT2D eigenvalue weighted by Gasteiger charge is 2.34. The number of benzene rings is 1. The predicted octanol–water partition coefficient (Wildman–Crippen LogP) is 3.52. The Bertz CT molecular complexity index is 775. The molecule has 1 aromatic heterocycles. The summed E-state index contributed by atoms with van der Waals surface area (Å²) in [6, 6.07) is 8.79. The minimum atomic E-state index is -0.466. The van der Waals surface area contributed by atoms with Gasteiger partial charge in [-0.2, -0.15) is 0 Å². The number of methoxy groups -OCH3 is 1. The first-order chi connectivity index (χ1) is 12.6. The van der Waals surface area contributed by atoms with Gasteiger partial charge >= 0.3 is 0 Å². The monoisotopic (exact) mass is 375 g/mol. The van der Waals surface area contributed by atoms with E-state index in [0.29, 0.717) is 30.9 Å². The van der Waals surface area contributed by atoms with E-state index in [4.69, 9.17) is 4.74 Å². The van der Waals surface area contributed by atoms with Crippen LogP contribution in [-0.4, -0.2) is 42.0 Å². The summed E-state index contributed by atoms with van der Waals surface area (Å²) < 4.78 is 4.95. The summed E-state index contributed by atoms with van der Waals surface area (Å²) in [5.74, 6) is -0.160. The molecule has 2 aromatic rings. The lowest BCUT2D eigenvalue weighted by atomic mass is 10.1. The maximum absolute atomic E-state index is 13.0. The van der Waals surface area contributed by atoms with Gasteiger partial charge in [0.2, 0.25) is 0 Å². The molecule has 1 aliphatic carbocycles. The molecule has 1 saturated carbocycles. The minimum Gasteiger partial charge on any atom is -0.383 e. The normalized spacial score (nSPS) is 13.4. The Morgan fingerprint density at radius 2 is 2.23 bits per heavy atom. The van der Waals surface area contributed by atoms with Gasteiger partial charge < -0.3 is 15.0 Å². The molecule has 0 spiro atoms. The van der Waals surface area contributed by atoms with Gasteiger partial charge in [-0.15, -0.1) is 11.3 Å². The molecule has 1 aliphatic rings. The zero-order valence-corrected chi connectivity index (χ0v) is 15.3. The highest BCUT2D eigenvalue weighted by Crippen LogP contribution is 2.32. The third kappa shape index (κ3) is 4.39. The van der Waals surface area contributed by atoms with E-state index >= 15 is 0 Å². The molecule has 0 unspecified atom stereocenters. The van der Waals surface area contributed by atoms with E-state index in [9.17, 15) is 14.9 Å². The van der Waals surface area contributed by atoms with E-state index in [2.05, 4.69) is 5.32 Å². The smallest absolute Gasteiger partial charge is 0.293 e. The highest BCUT2D eigenvalue weighted by atomic mass is 32.1. The van der Waals surface area contributed by atoms with Gasteiger partial charge in [0.15, 0.2) is 0 Å². The van der Waals surface area contributed by atoms with Crippen LogP contribution < -0.4 is 5.32 Å². The van der Waals surface area contributed by atoms with Gasteiger partial charge in [-0.1, -0.05) is 6.07 Å². The van der Waals surface area contributed by atoms with Crippen LogP contribution in [0.2, 0.25) is 0 Å². The van der Waals surface area contributed by atoms with Gasteiger partial charge in [-0.3, -0.25) is 14.9 Å². The third-order valence-electron chi connectivity index (χ3n) is 4.22. The van der Waals surface area contributed by atoms with Crippen molar-refractivity contribution in [2.24, 2.45) is 0 Å². The summed E-state index contributed by atoms with van der Waals surface area (Å²) >= 11 is 1.61. The first-order valence-corrected chi connectivity index (χ1v) is 9.32. The van der Waals surface area contributed by atoms with Crippen molar-refractivity contribution in [3.8, 4) is 0 Å². The Labute approximate surface area is 155 Å². The van der Waals surface area contributed by atoms with Crippen molar-refractivity contribution in [1.82, 2.24) is 4.90 Å². The number of nitro groups is 1. The second-order valence-corrected chi connectivity index (χ2v) is 7.18. The Balaban J connectivity index is 1.81. The molecule has 0 saturated heterocycles. The first-order valence-electron chi connectivity index (χ1n) is 8.44. The van der Waals surface area contributed by atoms with E-state index in [1.165, 1.54) is 6.07 Å². The number of nitro benzene ring substituents is 1. The Hall–Kier alpha value is -2.45. The van der Waals surface area contributed by atoms with Crippen LogP contribution in [0, 0.1) is 10.1 Å². The molecule has 0 aliphatic heterocycles. The fraction of sp³-hybridized carbons (Fsp3) is 0.389. The van der Waals surface area contributed by atoms with Crippen LogP contribution in [0.3, 0.4) is 0 Å².